The Balaban J connectivity index is 2.36. The molecule has 94 valence electrons. The number of rotatable bonds is 3. The summed E-state index contributed by atoms with van der Waals surface area (Å²) in [6.07, 6.45) is 2.96. The minimum absolute atomic E-state index is 0.171. The molecule has 0 aliphatic heterocycles. The van der Waals surface area contributed by atoms with Gasteiger partial charge in [-0.3, -0.25) is 9.78 Å². The molecule has 0 saturated carbocycles. The van der Waals surface area contributed by atoms with E-state index in [-0.39, 0.29) is 5.97 Å². The maximum absolute atomic E-state index is 11.2. The summed E-state index contributed by atoms with van der Waals surface area (Å²) in [6.45, 7) is 4.13. The quantitative estimate of drug-likeness (QED) is 0.778. The normalized spacial score (nSPS) is 10.6. The van der Waals surface area contributed by atoms with E-state index in [2.05, 4.69) is 35.7 Å². The van der Waals surface area contributed by atoms with Gasteiger partial charge in [0.1, 0.15) is 0 Å². The molecular weight excluding hydrogens is 226 g/mol. The molecule has 1 heterocycles. The third-order valence-electron chi connectivity index (χ3n) is 3.16. The first-order chi connectivity index (χ1) is 8.61. The van der Waals surface area contributed by atoms with Crippen molar-refractivity contribution in [3.8, 4) is 0 Å². The Kier molecular flexibility index (Phi) is 3.60. The zero-order valence-corrected chi connectivity index (χ0v) is 11.0. The largest absolute Gasteiger partial charge is 0.469 e. The van der Waals surface area contributed by atoms with E-state index in [1.807, 2.05) is 12.3 Å². The van der Waals surface area contributed by atoms with Crippen molar-refractivity contribution in [2.24, 2.45) is 0 Å². The summed E-state index contributed by atoms with van der Waals surface area (Å²) in [5, 5.41) is 1.16. The van der Waals surface area contributed by atoms with Gasteiger partial charge in [0.05, 0.1) is 12.6 Å². The monoisotopic (exact) mass is 243 g/mol. The second kappa shape index (κ2) is 5.17. The van der Waals surface area contributed by atoms with E-state index >= 15 is 0 Å². The SMILES string of the molecule is COC(=O)CCc1cc(C)c2nccc(C)c2c1. The molecule has 0 aliphatic carbocycles. The number of aromatic nitrogens is 1. The number of esters is 1. The van der Waals surface area contributed by atoms with Crippen molar-refractivity contribution in [2.45, 2.75) is 26.7 Å². The number of nitrogens with zero attached hydrogens (tertiary/aromatic N) is 1. The van der Waals surface area contributed by atoms with Gasteiger partial charge in [-0.15, -0.1) is 0 Å². The van der Waals surface area contributed by atoms with Gasteiger partial charge in [0, 0.05) is 18.0 Å². The van der Waals surface area contributed by atoms with E-state index in [1.54, 1.807) is 0 Å². The molecule has 0 amide bonds. The Hall–Kier alpha value is -1.90. The standard InChI is InChI=1S/C15H17NO2/c1-10-6-7-16-15-11(2)8-12(9-13(10)15)4-5-14(17)18-3/h6-9H,4-5H2,1-3H3. The average molecular weight is 243 g/mol. The van der Waals surface area contributed by atoms with Gasteiger partial charge in [0.15, 0.2) is 0 Å². The highest BCUT2D eigenvalue weighted by molar-refractivity contribution is 5.85. The first kappa shape index (κ1) is 12.6. The molecule has 0 bridgehead atoms. The number of benzene rings is 1. The van der Waals surface area contributed by atoms with Crippen molar-refractivity contribution in [3.05, 3.63) is 41.1 Å². The second-order valence-corrected chi connectivity index (χ2v) is 4.51. The lowest BCUT2D eigenvalue weighted by atomic mass is 10.0. The highest BCUT2D eigenvalue weighted by Crippen LogP contribution is 2.22. The number of hydrogen-bond acceptors (Lipinski definition) is 3. The molecule has 0 radical (unpaired) electrons. The number of aryl methyl sites for hydroxylation is 3. The van der Waals surface area contributed by atoms with Crippen LogP contribution in [0.2, 0.25) is 0 Å². The van der Waals surface area contributed by atoms with Gasteiger partial charge in [-0.25, -0.2) is 0 Å². The van der Waals surface area contributed by atoms with E-state index in [0.29, 0.717) is 12.8 Å². The van der Waals surface area contributed by atoms with Crippen LogP contribution in [0.15, 0.2) is 24.4 Å². The zero-order valence-electron chi connectivity index (χ0n) is 11.0. The van der Waals surface area contributed by atoms with Crippen LogP contribution in [0.1, 0.15) is 23.1 Å². The van der Waals surface area contributed by atoms with Gasteiger partial charge in [0.25, 0.3) is 0 Å². The van der Waals surface area contributed by atoms with Crippen LogP contribution >= 0.6 is 0 Å². The molecule has 0 fully saturated rings. The highest BCUT2D eigenvalue weighted by atomic mass is 16.5. The predicted molar refractivity (Wildman–Crippen MR) is 71.6 cm³/mol. The van der Waals surface area contributed by atoms with Crippen LogP contribution in [-0.2, 0) is 16.0 Å². The first-order valence-corrected chi connectivity index (χ1v) is 6.03. The Morgan fingerprint density at radius 1 is 1.28 bits per heavy atom. The molecule has 0 atom stereocenters. The third-order valence-corrected chi connectivity index (χ3v) is 3.16. The van der Waals surface area contributed by atoms with E-state index in [1.165, 1.54) is 12.7 Å². The summed E-state index contributed by atoms with van der Waals surface area (Å²) in [5.41, 5.74) is 4.55. The summed E-state index contributed by atoms with van der Waals surface area (Å²) in [6, 6.07) is 6.22. The minimum atomic E-state index is -0.171. The molecule has 0 spiro atoms. The van der Waals surface area contributed by atoms with Crippen LogP contribution in [-0.4, -0.2) is 18.1 Å². The van der Waals surface area contributed by atoms with Crippen LogP contribution < -0.4 is 0 Å². The lowest BCUT2D eigenvalue weighted by Crippen LogP contribution is -2.02. The molecule has 0 N–H and O–H groups in total. The van der Waals surface area contributed by atoms with Crippen LogP contribution in [0.4, 0.5) is 0 Å². The lowest BCUT2D eigenvalue weighted by Gasteiger charge is -2.08. The number of hydrogen-bond donors (Lipinski definition) is 0. The van der Waals surface area contributed by atoms with Gasteiger partial charge in [-0.2, -0.15) is 0 Å². The fraction of sp³-hybridized carbons (Fsp3) is 0.333. The van der Waals surface area contributed by atoms with Crippen molar-refractivity contribution in [2.75, 3.05) is 7.11 Å². The number of carbonyl (C=O) groups is 1. The first-order valence-electron chi connectivity index (χ1n) is 6.03. The Bertz CT molecular complexity index is 590. The highest BCUT2D eigenvalue weighted by Gasteiger charge is 2.06. The molecule has 1 aromatic heterocycles. The summed E-state index contributed by atoms with van der Waals surface area (Å²) in [4.78, 5) is 15.6. The molecule has 0 unspecified atom stereocenters. The maximum atomic E-state index is 11.2. The summed E-state index contributed by atoms with van der Waals surface area (Å²) >= 11 is 0. The number of fused-ring (bicyclic) bond motifs is 1. The lowest BCUT2D eigenvalue weighted by molar-refractivity contribution is -0.140. The molecule has 18 heavy (non-hydrogen) atoms. The fourth-order valence-corrected chi connectivity index (χ4v) is 2.13. The number of ether oxygens (including phenoxy) is 1. The summed E-state index contributed by atoms with van der Waals surface area (Å²) in [5.74, 6) is -0.171. The van der Waals surface area contributed by atoms with Gasteiger partial charge < -0.3 is 4.74 Å². The third kappa shape index (κ3) is 2.50. The van der Waals surface area contributed by atoms with E-state index in [9.17, 15) is 4.79 Å². The van der Waals surface area contributed by atoms with Crippen molar-refractivity contribution in [1.82, 2.24) is 4.98 Å². The molecular formula is C15H17NO2. The molecule has 1 aromatic carbocycles. The van der Waals surface area contributed by atoms with E-state index in [4.69, 9.17) is 0 Å². The number of carbonyl (C=O) groups excluding carboxylic acids is 1. The molecule has 0 saturated heterocycles. The summed E-state index contributed by atoms with van der Waals surface area (Å²) < 4.78 is 4.66. The van der Waals surface area contributed by atoms with E-state index < -0.39 is 0 Å². The van der Waals surface area contributed by atoms with Crippen molar-refractivity contribution in [3.63, 3.8) is 0 Å². The van der Waals surface area contributed by atoms with Crippen molar-refractivity contribution in [1.29, 1.82) is 0 Å². The van der Waals surface area contributed by atoms with Gasteiger partial charge >= 0.3 is 5.97 Å². The van der Waals surface area contributed by atoms with Crippen LogP contribution in [0.5, 0.6) is 0 Å². The van der Waals surface area contributed by atoms with Crippen LogP contribution in [0, 0.1) is 13.8 Å². The average Bonchev–Trinajstić information content (AvgIpc) is 2.37. The Morgan fingerprint density at radius 3 is 2.78 bits per heavy atom. The number of pyridine rings is 1. The predicted octanol–water partition coefficient (Wildman–Crippen LogP) is 2.96. The summed E-state index contributed by atoms with van der Waals surface area (Å²) in [7, 11) is 1.42. The molecule has 2 rings (SSSR count). The van der Waals surface area contributed by atoms with Crippen molar-refractivity contribution < 1.29 is 9.53 Å². The fourth-order valence-electron chi connectivity index (χ4n) is 2.13. The second-order valence-electron chi connectivity index (χ2n) is 4.51. The minimum Gasteiger partial charge on any atom is -0.469 e. The molecule has 0 aliphatic rings. The number of methoxy groups -OCH3 is 1. The maximum Gasteiger partial charge on any atom is 0.305 e. The van der Waals surface area contributed by atoms with Gasteiger partial charge in [0.2, 0.25) is 0 Å². The topological polar surface area (TPSA) is 39.2 Å². The molecule has 2 aromatic rings. The van der Waals surface area contributed by atoms with Gasteiger partial charge in [-0.05, 0) is 49.1 Å². The van der Waals surface area contributed by atoms with Crippen molar-refractivity contribution >= 4 is 16.9 Å². The van der Waals surface area contributed by atoms with Crippen LogP contribution in [0.25, 0.3) is 10.9 Å². The Labute approximate surface area is 107 Å². The molecule has 3 heteroatoms. The van der Waals surface area contributed by atoms with Gasteiger partial charge in [-0.1, -0.05) is 6.07 Å². The van der Waals surface area contributed by atoms with Crippen LogP contribution in [0.3, 0.4) is 0 Å². The van der Waals surface area contributed by atoms with E-state index in [0.717, 1.165) is 22.0 Å². The smallest absolute Gasteiger partial charge is 0.305 e. The zero-order chi connectivity index (χ0) is 13.1. The molecule has 3 nitrogen and oxygen atoms in total. The Morgan fingerprint density at radius 2 is 2.06 bits per heavy atom.